The van der Waals surface area contributed by atoms with Crippen molar-refractivity contribution in [3.63, 3.8) is 0 Å². The van der Waals surface area contributed by atoms with Crippen LogP contribution in [0.1, 0.15) is 27.7 Å². The van der Waals surface area contributed by atoms with Crippen molar-refractivity contribution >= 4 is 12.6 Å². The smallest absolute Gasteiger partial charge is 0.493 e. The van der Waals surface area contributed by atoms with E-state index in [2.05, 4.69) is 4.74 Å². The third-order valence-electron chi connectivity index (χ3n) is 3.94. The first-order valence-corrected chi connectivity index (χ1v) is 6.74. The van der Waals surface area contributed by atoms with Crippen molar-refractivity contribution < 1.29 is 32.0 Å². The molecule has 0 bridgehead atoms. The number of alkyl halides is 3. The summed E-state index contributed by atoms with van der Waals surface area (Å²) in [7, 11) is 0.589. The first kappa shape index (κ1) is 17.0. The molecule has 0 N–H and O–H groups in total. The molecule has 0 aliphatic carbocycles. The zero-order chi connectivity index (χ0) is 16.8. The second-order valence-corrected chi connectivity index (χ2v) is 6.05. The van der Waals surface area contributed by atoms with Crippen molar-refractivity contribution in [3.8, 4) is 11.5 Å². The van der Waals surface area contributed by atoms with Gasteiger partial charge in [-0.3, -0.25) is 0 Å². The van der Waals surface area contributed by atoms with Gasteiger partial charge in [-0.2, -0.15) is 0 Å². The highest BCUT2D eigenvalue weighted by Crippen LogP contribution is 2.37. The summed E-state index contributed by atoms with van der Waals surface area (Å²) in [5.74, 6) is -0.445. The van der Waals surface area contributed by atoms with E-state index in [1.807, 2.05) is 27.7 Å². The van der Waals surface area contributed by atoms with Crippen molar-refractivity contribution in [3.05, 3.63) is 18.2 Å². The fourth-order valence-electron chi connectivity index (χ4n) is 2.02. The summed E-state index contributed by atoms with van der Waals surface area (Å²) in [4.78, 5) is 0. The van der Waals surface area contributed by atoms with Crippen molar-refractivity contribution in [2.24, 2.45) is 0 Å². The van der Waals surface area contributed by atoms with E-state index in [0.717, 1.165) is 0 Å². The van der Waals surface area contributed by atoms with Gasteiger partial charge in [0.05, 0.1) is 18.3 Å². The molecule has 8 heteroatoms. The molecule has 4 nitrogen and oxygen atoms in total. The zero-order valence-electron chi connectivity index (χ0n) is 13.1. The number of benzene rings is 1. The van der Waals surface area contributed by atoms with Gasteiger partial charge in [-0.15, -0.1) is 13.2 Å². The molecule has 0 atom stereocenters. The maximum Gasteiger partial charge on any atom is 0.573 e. The Hall–Kier alpha value is -1.41. The highest BCUT2D eigenvalue weighted by molar-refractivity contribution is 6.62. The van der Waals surface area contributed by atoms with Gasteiger partial charge in [0.1, 0.15) is 0 Å². The maximum absolute atomic E-state index is 12.3. The topological polar surface area (TPSA) is 36.9 Å². The van der Waals surface area contributed by atoms with E-state index in [1.54, 1.807) is 0 Å². The summed E-state index contributed by atoms with van der Waals surface area (Å²) in [5, 5.41) is 0. The lowest BCUT2D eigenvalue weighted by atomic mass is 9.79. The number of ether oxygens (including phenoxy) is 2. The fourth-order valence-corrected chi connectivity index (χ4v) is 2.02. The van der Waals surface area contributed by atoms with Gasteiger partial charge in [-0.05, 0) is 45.3 Å². The molecule has 122 valence electrons. The second kappa shape index (κ2) is 5.35. The minimum atomic E-state index is -4.78. The van der Waals surface area contributed by atoms with Crippen molar-refractivity contribution in [2.45, 2.75) is 45.3 Å². The largest absolute Gasteiger partial charge is 0.573 e. The van der Waals surface area contributed by atoms with Gasteiger partial charge in [0, 0.05) is 0 Å². The summed E-state index contributed by atoms with van der Waals surface area (Å²) in [6.45, 7) is 7.58. The molecule has 1 fully saturated rings. The Labute approximate surface area is 127 Å². The molecular weight excluding hydrogens is 300 g/mol. The van der Waals surface area contributed by atoms with Crippen LogP contribution in [0.5, 0.6) is 11.5 Å². The summed E-state index contributed by atoms with van der Waals surface area (Å²) in [6, 6.07) is 4.07. The summed E-state index contributed by atoms with van der Waals surface area (Å²) < 4.78 is 57.6. The van der Waals surface area contributed by atoms with E-state index in [1.165, 1.54) is 25.3 Å². The molecule has 1 aromatic rings. The van der Waals surface area contributed by atoms with Crippen molar-refractivity contribution in [1.29, 1.82) is 0 Å². The normalized spacial score (nSPS) is 20.1. The molecule has 0 unspecified atom stereocenters. The number of rotatable bonds is 3. The van der Waals surface area contributed by atoms with Crippen LogP contribution in [0.3, 0.4) is 0 Å². The predicted octanol–water partition coefficient (Wildman–Crippen LogP) is 2.89. The summed E-state index contributed by atoms with van der Waals surface area (Å²) >= 11 is 0. The minimum absolute atomic E-state index is 0.0375. The van der Waals surface area contributed by atoms with Crippen LogP contribution in [-0.2, 0) is 9.31 Å². The Bertz CT molecular complexity index is 542. The summed E-state index contributed by atoms with van der Waals surface area (Å²) in [5.41, 5.74) is -0.511. The van der Waals surface area contributed by atoms with Gasteiger partial charge in [-0.25, -0.2) is 0 Å². The lowest BCUT2D eigenvalue weighted by molar-refractivity contribution is -0.275. The molecule has 1 saturated heterocycles. The number of methoxy groups -OCH3 is 1. The lowest BCUT2D eigenvalue weighted by Gasteiger charge is -2.32. The van der Waals surface area contributed by atoms with Crippen LogP contribution < -0.4 is 14.9 Å². The Morgan fingerprint density at radius 2 is 1.55 bits per heavy atom. The second-order valence-electron chi connectivity index (χ2n) is 6.05. The Morgan fingerprint density at radius 1 is 1.00 bits per heavy atom. The van der Waals surface area contributed by atoms with Crippen molar-refractivity contribution in [2.75, 3.05) is 7.11 Å². The molecular formula is C14H18BF3O4. The van der Waals surface area contributed by atoms with E-state index >= 15 is 0 Å². The zero-order valence-corrected chi connectivity index (χ0v) is 13.1. The minimum Gasteiger partial charge on any atom is -0.493 e. The molecule has 0 radical (unpaired) electrons. The Kier molecular flexibility index (Phi) is 4.12. The molecule has 1 heterocycles. The van der Waals surface area contributed by atoms with Crippen LogP contribution in [0.25, 0.3) is 0 Å². The van der Waals surface area contributed by atoms with Crippen LogP contribution >= 0.6 is 0 Å². The van der Waals surface area contributed by atoms with E-state index < -0.39 is 30.4 Å². The molecule has 1 aliphatic heterocycles. The predicted molar refractivity (Wildman–Crippen MR) is 75.4 cm³/mol. The average molecular weight is 318 g/mol. The number of halogens is 3. The Balaban J connectivity index is 2.28. The molecule has 0 amide bonds. The van der Waals surface area contributed by atoms with Gasteiger partial charge in [0.15, 0.2) is 11.5 Å². The van der Waals surface area contributed by atoms with Gasteiger partial charge in [0.2, 0.25) is 0 Å². The van der Waals surface area contributed by atoms with E-state index in [4.69, 9.17) is 14.0 Å². The molecule has 22 heavy (non-hydrogen) atoms. The summed E-state index contributed by atoms with van der Waals surface area (Å²) in [6.07, 6.45) is -4.78. The molecule has 0 spiro atoms. The highest BCUT2D eigenvalue weighted by atomic mass is 19.4. The lowest BCUT2D eigenvalue weighted by Crippen LogP contribution is -2.41. The van der Waals surface area contributed by atoms with Gasteiger partial charge < -0.3 is 18.8 Å². The van der Waals surface area contributed by atoms with Crippen LogP contribution in [0.2, 0.25) is 0 Å². The van der Waals surface area contributed by atoms with E-state index in [9.17, 15) is 13.2 Å². The third-order valence-corrected chi connectivity index (χ3v) is 3.94. The van der Waals surface area contributed by atoms with Crippen LogP contribution in [0.4, 0.5) is 13.2 Å². The molecule has 0 saturated carbocycles. The monoisotopic (exact) mass is 318 g/mol. The fraction of sp³-hybridized carbons (Fsp3) is 0.571. The first-order chi connectivity index (χ1) is 9.95. The Morgan fingerprint density at radius 3 is 2.00 bits per heavy atom. The van der Waals surface area contributed by atoms with Crippen LogP contribution in [0.15, 0.2) is 18.2 Å². The van der Waals surface area contributed by atoms with Gasteiger partial charge >= 0.3 is 13.5 Å². The van der Waals surface area contributed by atoms with E-state index in [-0.39, 0.29) is 5.75 Å². The quantitative estimate of drug-likeness (QED) is 0.803. The van der Waals surface area contributed by atoms with Crippen LogP contribution in [-0.4, -0.2) is 31.8 Å². The molecule has 1 aromatic carbocycles. The highest BCUT2D eigenvalue weighted by Gasteiger charge is 2.51. The third kappa shape index (κ3) is 3.33. The molecule has 1 aliphatic rings. The number of hydrogen-bond acceptors (Lipinski definition) is 4. The first-order valence-electron chi connectivity index (χ1n) is 6.74. The molecule has 0 aromatic heterocycles. The van der Waals surface area contributed by atoms with Crippen molar-refractivity contribution in [1.82, 2.24) is 0 Å². The van der Waals surface area contributed by atoms with Gasteiger partial charge in [0.25, 0.3) is 0 Å². The van der Waals surface area contributed by atoms with Gasteiger partial charge in [-0.1, -0.05) is 6.07 Å². The number of hydrogen-bond donors (Lipinski definition) is 0. The molecule has 2 rings (SSSR count). The maximum atomic E-state index is 12.3. The SMILES string of the molecule is COc1cc(B2OC(C)(C)C(C)(C)O2)ccc1OC(F)(F)F. The average Bonchev–Trinajstić information content (AvgIpc) is 2.57. The van der Waals surface area contributed by atoms with E-state index in [0.29, 0.717) is 5.46 Å². The standard InChI is InChI=1S/C14H18BF3O4/c1-12(2)13(3,4)22-15(21-12)9-6-7-10(11(8-9)19-5)20-14(16,17)18/h6-8H,1-5H3. The van der Waals surface area contributed by atoms with Crippen LogP contribution in [0, 0.1) is 0 Å².